The van der Waals surface area contributed by atoms with Gasteiger partial charge >= 0.3 is 5.97 Å². The molecule has 0 saturated carbocycles. The minimum atomic E-state index is -0.428. The van der Waals surface area contributed by atoms with Gasteiger partial charge in [-0.3, -0.25) is 9.78 Å². The number of rotatable bonds is 5. The molecule has 0 saturated heterocycles. The molecule has 0 radical (unpaired) electrons. The Morgan fingerprint density at radius 3 is 2.76 bits per heavy atom. The van der Waals surface area contributed by atoms with Gasteiger partial charge in [-0.05, 0) is 61.4 Å². The molecular formula is C23H22N2O3S. The van der Waals surface area contributed by atoms with Crippen LogP contribution in [-0.4, -0.2) is 23.5 Å². The number of thiophene rings is 1. The van der Waals surface area contributed by atoms with Crippen molar-refractivity contribution in [3.63, 3.8) is 0 Å². The van der Waals surface area contributed by atoms with Crippen molar-refractivity contribution >= 4 is 28.2 Å². The zero-order valence-corrected chi connectivity index (χ0v) is 17.1. The van der Waals surface area contributed by atoms with Crippen LogP contribution in [0.2, 0.25) is 0 Å². The lowest BCUT2D eigenvalue weighted by molar-refractivity contribution is 0.0529. The SMILES string of the molecule is CCOC(=O)c1c(-c2ccc3c(c2)CCCC3)csc1NC(=O)c1cccnc1. The third-order valence-electron chi connectivity index (χ3n) is 5.08. The summed E-state index contributed by atoms with van der Waals surface area (Å²) < 4.78 is 5.29. The van der Waals surface area contributed by atoms with Gasteiger partial charge in [0.15, 0.2) is 0 Å². The Kier molecular flexibility index (Phi) is 5.71. The first-order valence-electron chi connectivity index (χ1n) is 9.79. The first-order valence-corrected chi connectivity index (χ1v) is 10.7. The number of amides is 1. The lowest BCUT2D eigenvalue weighted by Gasteiger charge is -2.17. The van der Waals surface area contributed by atoms with Crippen molar-refractivity contribution in [3.05, 3.63) is 70.4 Å². The highest BCUT2D eigenvalue weighted by Crippen LogP contribution is 2.38. The fourth-order valence-corrected chi connectivity index (χ4v) is 4.59. The average molecular weight is 407 g/mol. The van der Waals surface area contributed by atoms with Crippen molar-refractivity contribution < 1.29 is 14.3 Å². The molecular weight excluding hydrogens is 384 g/mol. The smallest absolute Gasteiger partial charge is 0.341 e. The summed E-state index contributed by atoms with van der Waals surface area (Å²) in [5.74, 6) is -0.731. The number of hydrogen-bond donors (Lipinski definition) is 1. The highest BCUT2D eigenvalue weighted by molar-refractivity contribution is 7.15. The molecule has 4 rings (SSSR count). The van der Waals surface area contributed by atoms with E-state index in [1.807, 2.05) is 5.38 Å². The maximum Gasteiger partial charge on any atom is 0.341 e. The van der Waals surface area contributed by atoms with Crippen LogP contribution in [0.25, 0.3) is 11.1 Å². The molecule has 5 nitrogen and oxygen atoms in total. The maximum atomic E-state index is 12.7. The molecule has 0 aliphatic heterocycles. The van der Waals surface area contributed by atoms with Gasteiger partial charge in [0.2, 0.25) is 0 Å². The Morgan fingerprint density at radius 1 is 1.17 bits per heavy atom. The Hall–Kier alpha value is -2.99. The van der Waals surface area contributed by atoms with Crippen molar-refractivity contribution in [3.8, 4) is 11.1 Å². The van der Waals surface area contributed by atoms with Gasteiger partial charge in [-0.1, -0.05) is 18.2 Å². The van der Waals surface area contributed by atoms with E-state index in [9.17, 15) is 9.59 Å². The second-order valence-electron chi connectivity index (χ2n) is 6.96. The van der Waals surface area contributed by atoms with Crippen LogP contribution in [0.5, 0.6) is 0 Å². The number of fused-ring (bicyclic) bond motifs is 1. The maximum absolute atomic E-state index is 12.7. The van der Waals surface area contributed by atoms with Crippen LogP contribution in [0.15, 0.2) is 48.1 Å². The first-order chi connectivity index (χ1) is 14.2. The van der Waals surface area contributed by atoms with Crippen LogP contribution >= 0.6 is 11.3 Å². The number of benzene rings is 1. The number of ether oxygens (including phenoxy) is 1. The summed E-state index contributed by atoms with van der Waals surface area (Å²) in [6.07, 6.45) is 7.70. The van der Waals surface area contributed by atoms with Crippen molar-refractivity contribution in [1.29, 1.82) is 0 Å². The fourth-order valence-electron chi connectivity index (χ4n) is 3.64. The summed E-state index contributed by atoms with van der Waals surface area (Å²) >= 11 is 1.33. The average Bonchev–Trinajstić information content (AvgIpc) is 3.17. The Morgan fingerprint density at radius 2 is 2.00 bits per heavy atom. The van der Waals surface area contributed by atoms with Gasteiger partial charge in [0.25, 0.3) is 5.91 Å². The number of nitrogens with one attached hydrogen (secondary N) is 1. The van der Waals surface area contributed by atoms with Crippen LogP contribution in [0, 0.1) is 0 Å². The summed E-state index contributed by atoms with van der Waals surface area (Å²) in [4.78, 5) is 29.3. The third kappa shape index (κ3) is 4.07. The molecule has 0 atom stereocenters. The topological polar surface area (TPSA) is 68.3 Å². The summed E-state index contributed by atoms with van der Waals surface area (Å²) in [7, 11) is 0. The fraction of sp³-hybridized carbons (Fsp3) is 0.261. The van der Waals surface area contributed by atoms with Crippen LogP contribution in [-0.2, 0) is 17.6 Å². The number of nitrogens with zero attached hydrogens (tertiary/aromatic N) is 1. The number of carbonyl (C=O) groups is 2. The number of aromatic nitrogens is 1. The van der Waals surface area contributed by atoms with Crippen molar-refractivity contribution in [2.75, 3.05) is 11.9 Å². The minimum Gasteiger partial charge on any atom is -0.462 e. The lowest BCUT2D eigenvalue weighted by atomic mass is 9.89. The van der Waals surface area contributed by atoms with Gasteiger partial charge in [0, 0.05) is 23.3 Å². The normalized spacial score (nSPS) is 12.9. The summed E-state index contributed by atoms with van der Waals surface area (Å²) in [6.45, 7) is 2.05. The Balaban J connectivity index is 1.71. The molecule has 0 spiro atoms. The number of carbonyl (C=O) groups excluding carboxylic acids is 2. The van der Waals surface area contributed by atoms with Crippen molar-refractivity contribution in [2.45, 2.75) is 32.6 Å². The molecule has 0 bridgehead atoms. The van der Waals surface area contributed by atoms with Gasteiger partial charge < -0.3 is 10.1 Å². The lowest BCUT2D eigenvalue weighted by Crippen LogP contribution is -2.15. The van der Waals surface area contributed by atoms with Crippen molar-refractivity contribution in [1.82, 2.24) is 4.98 Å². The summed E-state index contributed by atoms with van der Waals surface area (Å²) in [6, 6.07) is 9.77. The molecule has 6 heteroatoms. The molecule has 0 unspecified atom stereocenters. The summed E-state index contributed by atoms with van der Waals surface area (Å²) in [5.41, 5.74) is 5.35. The second kappa shape index (κ2) is 8.57. The van der Waals surface area contributed by atoms with Gasteiger partial charge in [-0.2, -0.15) is 0 Å². The molecule has 1 aliphatic carbocycles. The van der Waals surface area contributed by atoms with E-state index in [4.69, 9.17) is 4.74 Å². The van der Waals surface area contributed by atoms with E-state index in [-0.39, 0.29) is 12.5 Å². The zero-order valence-electron chi connectivity index (χ0n) is 16.2. The molecule has 1 N–H and O–H groups in total. The van der Waals surface area contributed by atoms with Crippen molar-refractivity contribution in [2.24, 2.45) is 0 Å². The molecule has 1 aliphatic rings. The van der Waals surface area contributed by atoms with E-state index in [2.05, 4.69) is 28.5 Å². The molecule has 1 amide bonds. The Bertz CT molecular complexity index is 1040. The van der Waals surface area contributed by atoms with Gasteiger partial charge in [0.1, 0.15) is 10.6 Å². The van der Waals surface area contributed by atoms with Crippen LogP contribution in [0.4, 0.5) is 5.00 Å². The monoisotopic (exact) mass is 406 g/mol. The predicted octanol–water partition coefficient (Wildman–Crippen LogP) is 5.12. The predicted molar refractivity (Wildman–Crippen MR) is 115 cm³/mol. The van der Waals surface area contributed by atoms with Gasteiger partial charge in [-0.25, -0.2) is 4.79 Å². The minimum absolute atomic E-state index is 0.272. The third-order valence-corrected chi connectivity index (χ3v) is 5.98. The second-order valence-corrected chi connectivity index (χ2v) is 7.84. The van der Waals surface area contributed by atoms with E-state index < -0.39 is 5.97 Å². The molecule has 29 heavy (non-hydrogen) atoms. The number of aryl methyl sites for hydroxylation is 2. The number of anilines is 1. The summed E-state index contributed by atoms with van der Waals surface area (Å²) in [5, 5.41) is 5.26. The highest BCUT2D eigenvalue weighted by atomic mass is 32.1. The molecule has 148 valence electrons. The van der Waals surface area contributed by atoms with Crippen LogP contribution in [0.1, 0.15) is 51.6 Å². The number of esters is 1. The van der Waals surface area contributed by atoms with E-state index >= 15 is 0 Å². The van der Waals surface area contributed by atoms with Gasteiger partial charge in [0.05, 0.1) is 12.2 Å². The number of pyridine rings is 1. The standard InChI is InChI=1S/C23H22N2O3S/c1-2-28-23(27)20-19(17-10-9-15-6-3-4-7-16(15)12-17)14-29-22(20)25-21(26)18-8-5-11-24-13-18/h5,8-14H,2-4,6-7H2,1H3,(H,25,26). The van der Waals surface area contributed by atoms with Crippen LogP contribution in [0.3, 0.4) is 0 Å². The largest absolute Gasteiger partial charge is 0.462 e. The zero-order chi connectivity index (χ0) is 20.2. The van der Waals surface area contributed by atoms with E-state index in [1.165, 1.54) is 41.5 Å². The molecule has 2 aromatic heterocycles. The molecule has 1 aromatic carbocycles. The first kappa shape index (κ1) is 19.3. The quantitative estimate of drug-likeness (QED) is 0.597. The molecule has 3 aromatic rings. The molecule has 2 heterocycles. The van der Waals surface area contributed by atoms with Crippen LogP contribution < -0.4 is 5.32 Å². The number of hydrogen-bond acceptors (Lipinski definition) is 5. The molecule has 0 fully saturated rings. The van der Waals surface area contributed by atoms with E-state index in [0.717, 1.165) is 24.0 Å². The highest BCUT2D eigenvalue weighted by Gasteiger charge is 2.24. The van der Waals surface area contributed by atoms with E-state index in [1.54, 1.807) is 25.3 Å². The Labute approximate surface area is 173 Å². The van der Waals surface area contributed by atoms with Gasteiger partial charge in [-0.15, -0.1) is 11.3 Å². The van der Waals surface area contributed by atoms with E-state index in [0.29, 0.717) is 16.1 Å².